The van der Waals surface area contributed by atoms with E-state index in [1.807, 2.05) is 12.4 Å². The fourth-order valence-corrected chi connectivity index (χ4v) is 9.24. The molecular formula is C59H58N5. The van der Waals surface area contributed by atoms with Gasteiger partial charge in [0, 0.05) is 35.0 Å². The molecule has 0 saturated carbocycles. The molecule has 64 heavy (non-hydrogen) atoms. The Morgan fingerprint density at radius 1 is 0.328 bits per heavy atom. The highest BCUT2D eigenvalue weighted by atomic mass is 15.5. The molecule has 5 nitrogen and oxygen atoms in total. The summed E-state index contributed by atoms with van der Waals surface area (Å²) in [5.74, 6) is 2.77. The number of rotatable bonds is 12. The van der Waals surface area contributed by atoms with Gasteiger partial charge in [-0.2, -0.15) is 0 Å². The van der Waals surface area contributed by atoms with Crippen LogP contribution in [0.15, 0.2) is 182 Å². The van der Waals surface area contributed by atoms with Crippen molar-refractivity contribution in [1.82, 2.24) is 9.97 Å². The highest BCUT2D eigenvalue weighted by Gasteiger charge is 2.46. The summed E-state index contributed by atoms with van der Waals surface area (Å²) in [5, 5.41) is 0. The number of para-hydroxylation sites is 2. The maximum absolute atomic E-state index is 5.19. The van der Waals surface area contributed by atoms with E-state index in [1.165, 1.54) is 55.9 Å². The minimum atomic E-state index is 0.274. The van der Waals surface area contributed by atoms with Crippen molar-refractivity contribution in [2.75, 3.05) is 14.7 Å². The zero-order valence-electron chi connectivity index (χ0n) is 38.4. The molecular weight excluding hydrogens is 779 g/mol. The van der Waals surface area contributed by atoms with Crippen LogP contribution in [0, 0.1) is 6.17 Å². The van der Waals surface area contributed by atoms with Crippen molar-refractivity contribution in [2.24, 2.45) is 0 Å². The molecule has 0 atom stereocenters. The molecule has 0 saturated heterocycles. The number of aromatic nitrogens is 2. The first-order valence-electron chi connectivity index (χ1n) is 22.9. The van der Waals surface area contributed by atoms with Gasteiger partial charge in [0.1, 0.15) is 0 Å². The molecule has 0 N–H and O–H groups in total. The SMILES string of the molecule is CC(C)c1cccc(C(C)C)c1N1[C](c2ccc(N(c3ccc(-c4ccccc4)cc3)c3ccc(-c4ccccc4)cc3)cc2)N(c2c(C(C)C)cccc2C(C)C)c2nccnc21. The van der Waals surface area contributed by atoms with Crippen LogP contribution >= 0.6 is 0 Å². The number of fused-ring (bicyclic) bond motifs is 1. The molecule has 8 aromatic rings. The molecule has 319 valence electrons. The van der Waals surface area contributed by atoms with Crippen molar-refractivity contribution < 1.29 is 0 Å². The first kappa shape index (κ1) is 42.3. The molecule has 0 amide bonds. The van der Waals surface area contributed by atoms with Crippen LogP contribution < -0.4 is 14.7 Å². The minimum Gasteiger partial charge on any atom is -0.311 e. The van der Waals surface area contributed by atoms with Gasteiger partial charge >= 0.3 is 0 Å². The van der Waals surface area contributed by atoms with Crippen LogP contribution in [0.1, 0.15) is 107 Å². The van der Waals surface area contributed by atoms with Crippen LogP contribution in [-0.2, 0) is 0 Å². The van der Waals surface area contributed by atoms with E-state index in [-0.39, 0.29) is 23.7 Å². The Balaban J connectivity index is 1.24. The average molecular weight is 837 g/mol. The second kappa shape index (κ2) is 18.0. The molecule has 5 heteroatoms. The number of hydrogen-bond donors (Lipinski definition) is 0. The van der Waals surface area contributed by atoms with Crippen molar-refractivity contribution >= 4 is 40.1 Å². The van der Waals surface area contributed by atoms with Gasteiger partial charge in [0.25, 0.3) is 0 Å². The van der Waals surface area contributed by atoms with Crippen molar-refractivity contribution in [3.8, 4) is 22.3 Å². The Bertz CT molecular complexity index is 2600. The number of hydrogen-bond acceptors (Lipinski definition) is 5. The number of nitrogens with zero attached hydrogens (tertiary/aromatic N) is 5. The highest BCUT2D eigenvalue weighted by molar-refractivity contribution is 5.93. The molecule has 1 aromatic heterocycles. The van der Waals surface area contributed by atoms with Gasteiger partial charge < -0.3 is 4.90 Å². The van der Waals surface area contributed by atoms with E-state index in [1.54, 1.807) is 0 Å². The van der Waals surface area contributed by atoms with E-state index < -0.39 is 0 Å². The second-order valence-corrected chi connectivity index (χ2v) is 18.1. The molecule has 0 unspecified atom stereocenters. The summed E-state index contributed by atoms with van der Waals surface area (Å²) >= 11 is 0. The zero-order valence-corrected chi connectivity index (χ0v) is 38.4. The van der Waals surface area contributed by atoms with Crippen LogP contribution in [0.2, 0.25) is 0 Å². The standard InChI is InChI=1S/C59H58N5/c1-39(2)51-21-15-22-52(40(3)4)55(51)63-57-58(61-38-37-60-57)64(56-53(41(5)6)23-16-24-54(56)42(7)8)59(63)47-29-35-50(36-30-47)62(48-31-25-45(26-32-48)43-17-11-9-12-18-43)49-33-27-46(28-34-49)44-19-13-10-14-20-44/h9-42H,1-8H3. The van der Waals surface area contributed by atoms with Crippen molar-refractivity contribution in [3.63, 3.8) is 0 Å². The van der Waals surface area contributed by atoms with Gasteiger partial charge in [0.2, 0.25) is 0 Å². The van der Waals surface area contributed by atoms with Gasteiger partial charge in [-0.25, -0.2) is 9.97 Å². The largest absolute Gasteiger partial charge is 0.311 e. The molecule has 9 rings (SSSR count). The average Bonchev–Trinajstić information content (AvgIpc) is 3.66. The van der Waals surface area contributed by atoms with E-state index in [0.29, 0.717) is 0 Å². The normalized spacial score (nSPS) is 12.8. The molecule has 2 heterocycles. The summed E-state index contributed by atoms with van der Waals surface area (Å²) in [6.07, 6.45) is 4.71. The Kier molecular flexibility index (Phi) is 11.9. The van der Waals surface area contributed by atoms with Gasteiger partial charge in [-0.1, -0.05) is 189 Å². The fourth-order valence-electron chi connectivity index (χ4n) is 9.24. The quantitative estimate of drug-likeness (QED) is 0.122. The van der Waals surface area contributed by atoms with E-state index in [0.717, 1.165) is 40.4 Å². The summed E-state index contributed by atoms with van der Waals surface area (Å²) in [6, 6.07) is 61.7. The monoisotopic (exact) mass is 836 g/mol. The zero-order chi connectivity index (χ0) is 44.5. The van der Waals surface area contributed by atoms with Crippen LogP contribution in [0.25, 0.3) is 22.3 Å². The van der Waals surface area contributed by atoms with Crippen LogP contribution in [0.5, 0.6) is 0 Å². The Hall–Kier alpha value is -6.98. The Morgan fingerprint density at radius 2 is 0.625 bits per heavy atom. The molecule has 0 fully saturated rings. The molecule has 1 aliphatic heterocycles. The molecule has 0 aliphatic carbocycles. The first-order chi connectivity index (χ1) is 31.1. The Labute approximate surface area is 380 Å². The lowest BCUT2D eigenvalue weighted by molar-refractivity contribution is 0.805. The van der Waals surface area contributed by atoms with Gasteiger partial charge in [0.15, 0.2) is 17.8 Å². The maximum Gasteiger partial charge on any atom is 0.199 e. The van der Waals surface area contributed by atoms with Gasteiger partial charge in [-0.15, -0.1) is 0 Å². The van der Waals surface area contributed by atoms with E-state index in [9.17, 15) is 0 Å². The summed E-state index contributed by atoms with van der Waals surface area (Å²) in [5.41, 5.74) is 16.6. The van der Waals surface area contributed by atoms with Crippen molar-refractivity contribution in [1.29, 1.82) is 0 Å². The van der Waals surface area contributed by atoms with Crippen molar-refractivity contribution in [2.45, 2.75) is 79.1 Å². The topological polar surface area (TPSA) is 35.5 Å². The Morgan fingerprint density at radius 3 is 0.938 bits per heavy atom. The maximum atomic E-state index is 5.19. The summed E-state index contributed by atoms with van der Waals surface area (Å²) in [7, 11) is 0. The molecule has 0 bridgehead atoms. The summed E-state index contributed by atoms with van der Waals surface area (Å²) in [4.78, 5) is 17.6. The molecule has 1 aliphatic rings. The molecule has 1 radical (unpaired) electrons. The van der Waals surface area contributed by atoms with E-state index in [2.05, 4.69) is 240 Å². The van der Waals surface area contributed by atoms with Gasteiger partial charge in [0.05, 0.1) is 11.4 Å². The summed E-state index contributed by atoms with van der Waals surface area (Å²) < 4.78 is 0. The van der Waals surface area contributed by atoms with E-state index >= 15 is 0 Å². The lowest BCUT2D eigenvalue weighted by Gasteiger charge is -2.37. The summed E-state index contributed by atoms with van der Waals surface area (Å²) in [6.45, 7) is 18.3. The third-order valence-electron chi connectivity index (χ3n) is 12.5. The third kappa shape index (κ3) is 7.96. The number of anilines is 7. The van der Waals surface area contributed by atoms with Crippen LogP contribution in [0.3, 0.4) is 0 Å². The second-order valence-electron chi connectivity index (χ2n) is 18.1. The van der Waals surface area contributed by atoms with Crippen molar-refractivity contribution in [3.05, 3.63) is 216 Å². The number of benzene rings is 7. The molecule has 7 aromatic carbocycles. The fraction of sp³-hybridized carbons (Fsp3) is 0.203. The highest BCUT2D eigenvalue weighted by Crippen LogP contribution is 2.56. The van der Waals surface area contributed by atoms with Gasteiger partial charge in [-0.3, -0.25) is 9.80 Å². The lowest BCUT2D eigenvalue weighted by Crippen LogP contribution is -2.34. The molecule has 0 spiro atoms. The predicted molar refractivity (Wildman–Crippen MR) is 270 cm³/mol. The minimum absolute atomic E-state index is 0.274. The smallest absolute Gasteiger partial charge is 0.199 e. The van der Waals surface area contributed by atoms with Crippen LogP contribution in [0.4, 0.5) is 40.1 Å². The van der Waals surface area contributed by atoms with E-state index in [4.69, 9.17) is 9.97 Å². The van der Waals surface area contributed by atoms with Gasteiger partial charge in [-0.05, 0) is 105 Å². The van der Waals surface area contributed by atoms with Crippen LogP contribution in [-0.4, -0.2) is 9.97 Å². The lowest BCUT2D eigenvalue weighted by atomic mass is 9.90. The predicted octanol–water partition coefficient (Wildman–Crippen LogP) is 16.6. The first-order valence-corrected chi connectivity index (χ1v) is 22.9. The third-order valence-corrected chi connectivity index (χ3v) is 12.5.